The van der Waals surface area contributed by atoms with Gasteiger partial charge in [0.2, 0.25) is 0 Å². The summed E-state index contributed by atoms with van der Waals surface area (Å²) in [7, 11) is 0. The summed E-state index contributed by atoms with van der Waals surface area (Å²) in [4.78, 5) is 0. The molecule has 0 atom stereocenters. The van der Waals surface area contributed by atoms with Crippen LogP contribution >= 0.6 is 0 Å². The molecule has 0 aromatic carbocycles. The maximum absolute atomic E-state index is 7.81. The molecule has 42 valence electrons. The minimum atomic E-state index is 0. The molecule has 0 saturated carbocycles. The second kappa shape index (κ2) is 106. The van der Waals surface area contributed by atoms with Crippen LogP contribution in [0.2, 0.25) is 0 Å². The SMILES string of the molecule is [Cr+3].[Fe+2].[O-2].[O-2].[O]=[Cu]. The summed E-state index contributed by atoms with van der Waals surface area (Å²) in [6.45, 7) is 0. The summed E-state index contributed by atoms with van der Waals surface area (Å²) in [5, 5.41) is 0. The van der Waals surface area contributed by atoms with E-state index in [4.69, 9.17) is 3.83 Å². The van der Waals surface area contributed by atoms with Crippen molar-refractivity contribution >= 4 is 0 Å². The van der Waals surface area contributed by atoms with E-state index in [0.717, 1.165) is 0 Å². The van der Waals surface area contributed by atoms with Crippen molar-refractivity contribution in [3.63, 3.8) is 0 Å². The van der Waals surface area contributed by atoms with E-state index in [1.807, 2.05) is 0 Å². The van der Waals surface area contributed by atoms with Crippen molar-refractivity contribution in [2.75, 3.05) is 0 Å². The van der Waals surface area contributed by atoms with Gasteiger partial charge in [0, 0.05) is 0 Å². The van der Waals surface area contributed by atoms with Crippen molar-refractivity contribution in [2.45, 2.75) is 0 Å². The third-order valence-electron chi connectivity index (χ3n) is 0. The Balaban J connectivity index is -0.000000000833. The van der Waals surface area contributed by atoms with Gasteiger partial charge in [0.1, 0.15) is 0 Å². The van der Waals surface area contributed by atoms with Crippen molar-refractivity contribution in [2.24, 2.45) is 0 Å². The topological polar surface area (TPSA) is 74.1 Å². The van der Waals surface area contributed by atoms with Crippen molar-refractivity contribution in [1.29, 1.82) is 0 Å². The monoisotopic (exact) mass is 219 g/mol. The normalized spacial score (nSPS) is 1.00. The van der Waals surface area contributed by atoms with Crippen LogP contribution in [0.25, 0.3) is 0 Å². The van der Waals surface area contributed by atoms with Gasteiger partial charge in [-0.25, -0.2) is 0 Å². The molecule has 0 heterocycles. The molecule has 1 radical (unpaired) electrons. The second-order valence-electron chi connectivity index (χ2n) is 0. The van der Waals surface area contributed by atoms with Gasteiger partial charge in [0.15, 0.2) is 0 Å². The first-order valence-corrected chi connectivity index (χ1v) is 0.508. The van der Waals surface area contributed by atoms with Crippen molar-refractivity contribution in [1.82, 2.24) is 0 Å². The molecular weight excluding hydrogens is 219 g/mol. The molecule has 0 bridgehead atoms. The Kier molecular flexibility index (Phi) is 968. The zero-order chi connectivity index (χ0) is 2.00. The van der Waals surface area contributed by atoms with E-state index in [9.17, 15) is 0 Å². The quantitative estimate of drug-likeness (QED) is 0.513. The fourth-order valence-electron chi connectivity index (χ4n) is 0. The maximum atomic E-state index is 7.81. The average molecular weight is 219 g/mol. The van der Waals surface area contributed by atoms with Gasteiger partial charge in [0.05, 0.1) is 0 Å². The standard InChI is InChI=1S/Cr.Cu.Fe.3O/q+3;;+2;;2*-2. The Morgan fingerprint density at radius 3 is 1.00 bits per heavy atom. The first-order valence-electron chi connectivity index (χ1n) is 0.123. The van der Waals surface area contributed by atoms with Gasteiger partial charge in [-0.2, -0.15) is 0 Å². The Morgan fingerprint density at radius 1 is 1.00 bits per heavy atom. The Morgan fingerprint density at radius 2 is 1.00 bits per heavy atom. The van der Waals surface area contributed by atoms with Gasteiger partial charge < -0.3 is 11.0 Å². The molecule has 0 aliphatic heterocycles. The van der Waals surface area contributed by atoms with Crippen LogP contribution in [-0.2, 0) is 65.2 Å². The van der Waals surface area contributed by atoms with Crippen molar-refractivity contribution in [3.8, 4) is 0 Å². The Bertz CT molecular complexity index is 10.8. The Hall–Kier alpha value is 1.29. The predicted octanol–water partition coefficient (Wildman–Crippen LogP) is -0.364. The zero-order valence-corrected chi connectivity index (χ0v) is 5.61. The molecule has 0 saturated heterocycles. The van der Waals surface area contributed by atoms with E-state index >= 15 is 0 Å². The molecule has 0 aliphatic carbocycles. The third kappa shape index (κ3) is 58.4. The van der Waals surface area contributed by atoms with Gasteiger partial charge >= 0.3 is 54.2 Å². The molecule has 6 heavy (non-hydrogen) atoms. The molecule has 0 aromatic rings. The first kappa shape index (κ1) is 55.0. The molecule has 0 N–H and O–H groups in total. The van der Waals surface area contributed by atoms with Gasteiger partial charge in [-0.1, -0.05) is 0 Å². The molecule has 0 amide bonds. The molecule has 0 spiro atoms. The van der Waals surface area contributed by atoms with Crippen molar-refractivity contribution < 1.29 is 65.2 Å². The van der Waals surface area contributed by atoms with Crippen LogP contribution < -0.4 is 0 Å². The molecule has 6 heteroatoms. The van der Waals surface area contributed by atoms with Gasteiger partial charge in [-0.15, -0.1) is 0 Å². The number of hydrogen-bond acceptors (Lipinski definition) is 1. The van der Waals surface area contributed by atoms with E-state index in [0.29, 0.717) is 0 Å². The number of rotatable bonds is 0. The number of hydrogen-bond donors (Lipinski definition) is 0. The molecule has 0 aromatic heterocycles. The summed E-state index contributed by atoms with van der Waals surface area (Å²) in [5.74, 6) is 0. The second-order valence-corrected chi connectivity index (χ2v) is 0. The van der Waals surface area contributed by atoms with E-state index < -0.39 is 0 Å². The van der Waals surface area contributed by atoms with E-state index in [-0.39, 0.29) is 45.4 Å². The summed E-state index contributed by atoms with van der Waals surface area (Å²) < 4.78 is 7.81. The molecule has 3 nitrogen and oxygen atoms in total. The average Bonchev–Trinajstić information content (AvgIpc) is 1.00. The van der Waals surface area contributed by atoms with E-state index in [1.54, 1.807) is 0 Å². The van der Waals surface area contributed by atoms with Gasteiger partial charge in [-0.05, 0) is 0 Å². The van der Waals surface area contributed by atoms with Crippen LogP contribution in [0.15, 0.2) is 0 Å². The van der Waals surface area contributed by atoms with Crippen LogP contribution in [0.5, 0.6) is 0 Å². The van der Waals surface area contributed by atoms with Gasteiger partial charge in [-0.3, -0.25) is 0 Å². The van der Waals surface area contributed by atoms with Crippen LogP contribution in [-0.4, -0.2) is 0 Å². The third-order valence-corrected chi connectivity index (χ3v) is 0. The molecule has 0 unspecified atom stereocenters. The van der Waals surface area contributed by atoms with Crippen LogP contribution in [0, 0.1) is 0 Å². The molecular formula is CrCuFeO3+. The molecule has 0 rings (SSSR count). The van der Waals surface area contributed by atoms with E-state index in [1.165, 1.54) is 0 Å². The first-order chi connectivity index (χ1) is 1.00. The Labute approximate surface area is 65.1 Å². The minimum absolute atomic E-state index is 0. The fourth-order valence-corrected chi connectivity index (χ4v) is 0. The van der Waals surface area contributed by atoms with Crippen LogP contribution in [0.3, 0.4) is 0 Å². The molecule has 0 fully saturated rings. The molecule has 0 aliphatic rings. The zero-order valence-electron chi connectivity index (χ0n) is 2.29. The van der Waals surface area contributed by atoms with Gasteiger partial charge in [0.25, 0.3) is 0 Å². The summed E-state index contributed by atoms with van der Waals surface area (Å²) >= 11 is 2.94. The fraction of sp³-hybridized carbons (Fsp3) is 0. The van der Waals surface area contributed by atoms with Crippen LogP contribution in [0.4, 0.5) is 0 Å². The predicted molar refractivity (Wildman–Crippen MR) is 2.06 cm³/mol. The summed E-state index contributed by atoms with van der Waals surface area (Å²) in [6, 6.07) is 0. The summed E-state index contributed by atoms with van der Waals surface area (Å²) in [6.07, 6.45) is 0. The van der Waals surface area contributed by atoms with Crippen molar-refractivity contribution in [3.05, 3.63) is 0 Å². The van der Waals surface area contributed by atoms with E-state index in [2.05, 4.69) is 15.9 Å². The summed E-state index contributed by atoms with van der Waals surface area (Å²) in [5.41, 5.74) is 0. The van der Waals surface area contributed by atoms with Crippen LogP contribution in [0.1, 0.15) is 0 Å².